The van der Waals surface area contributed by atoms with E-state index in [1.807, 2.05) is 0 Å². The molecule has 1 aliphatic heterocycles. The largest absolute Gasteiger partial charge is 0.493 e. The molecule has 170 valence electrons. The lowest BCUT2D eigenvalue weighted by Gasteiger charge is -2.19. The van der Waals surface area contributed by atoms with Crippen LogP contribution in [0.25, 0.3) is 10.9 Å². The third-order valence-electron chi connectivity index (χ3n) is 5.10. The Bertz CT molecular complexity index is 1080. The highest BCUT2D eigenvalue weighted by atomic mass is 35.5. The third-order valence-corrected chi connectivity index (χ3v) is 7.75. The molecule has 1 unspecified atom stereocenters. The van der Waals surface area contributed by atoms with Gasteiger partial charge in [0.2, 0.25) is 0 Å². The van der Waals surface area contributed by atoms with E-state index in [2.05, 4.69) is 20.6 Å². The zero-order valence-corrected chi connectivity index (χ0v) is 19.2. The summed E-state index contributed by atoms with van der Waals surface area (Å²) in [6, 6.07) is 7.85. The number of aliphatic hydroxyl groups is 1. The van der Waals surface area contributed by atoms with Crippen molar-refractivity contribution in [3.05, 3.63) is 47.5 Å². The van der Waals surface area contributed by atoms with Crippen molar-refractivity contribution in [1.29, 1.82) is 0 Å². The number of aromatic nitrogens is 2. The van der Waals surface area contributed by atoms with Crippen molar-refractivity contribution in [2.75, 3.05) is 49.4 Å². The van der Waals surface area contributed by atoms with Gasteiger partial charge in [-0.05, 0) is 35.2 Å². The van der Waals surface area contributed by atoms with Crippen LogP contribution in [0.15, 0.2) is 36.7 Å². The molecule has 4 rings (SSSR count). The zero-order valence-electron chi connectivity index (χ0n) is 17.6. The third kappa shape index (κ3) is 5.53. The zero-order chi connectivity index (χ0) is 22.5. The number of rotatable bonds is 8. The molecular formula is C22H25ClFN4O3S+. The minimum absolute atomic E-state index is 0.172. The molecule has 1 saturated heterocycles. The topological polar surface area (TPSA) is 88.5 Å². The average Bonchev–Trinajstić information content (AvgIpc) is 2.79. The highest BCUT2D eigenvalue weighted by Crippen LogP contribution is 2.35. The van der Waals surface area contributed by atoms with Crippen LogP contribution < -0.4 is 20.1 Å². The smallest absolute Gasteiger partial charge is 0.163 e. The molecule has 1 aliphatic rings. The summed E-state index contributed by atoms with van der Waals surface area (Å²) < 4.78 is 25.6. The van der Waals surface area contributed by atoms with Crippen LogP contribution in [0.2, 0.25) is 5.02 Å². The van der Waals surface area contributed by atoms with Crippen molar-refractivity contribution >= 4 is 44.9 Å². The van der Waals surface area contributed by atoms with Gasteiger partial charge in [0.25, 0.3) is 0 Å². The fourth-order valence-corrected chi connectivity index (χ4v) is 5.69. The van der Waals surface area contributed by atoms with Crippen LogP contribution in [-0.2, 0) is 10.9 Å². The summed E-state index contributed by atoms with van der Waals surface area (Å²) in [5.74, 6) is 3.82. The highest BCUT2D eigenvalue weighted by Gasteiger charge is 2.25. The number of nitrogens with one attached hydrogen (secondary N) is 2. The quantitative estimate of drug-likeness (QED) is 0.428. The van der Waals surface area contributed by atoms with E-state index < -0.39 is 11.9 Å². The standard InChI is InChI=1S/C22H25ClFN4O3S/c1-30-20-9-16-19(10-21(20)31-11-15(29)12-32-6-4-25-5-7-32)26-13-27-22(16)28-18-3-2-14(23)8-17(18)24/h2-3,8-10,13,15,25,29H,4-7,11-12H2,1H3,(H,26,27,28)/q+1. The molecule has 0 bridgehead atoms. The van der Waals surface area contributed by atoms with Gasteiger partial charge >= 0.3 is 0 Å². The normalized spacial score (nSPS) is 15.5. The second-order valence-electron chi connectivity index (χ2n) is 7.39. The van der Waals surface area contributed by atoms with Gasteiger partial charge in [-0.15, -0.1) is 0 Å². The van der Waals surface area contributed by atoms with Gasteiger partial charge in [0.05, 0.1) is 18.3 Å². The van der Waals surface area contributed by atoms with Crippen LogP contribution in [0.1, 0.15) is 0 Å². The number of anilines is 2. The van der Waals surface area contributed by atoms with Crippen molar-refractivity contribution in [3.63, 3.8) is 0 Å². The minimum Gasteiger partial charge on any atom is -0.493 e. The van der Waals surface area contributed by atoms with Crippen molar-refractivity contribution < 1.29 is 19.0 Å². The maximum atomic E-state index is 14.2. The molecule has 0 spiro atoms. The Hall–Kier alpha value is -2.33. The van der Waals surface area contributed by atoms with E-state index in [4.69, 9.17) is 21.1 Å². The van der Waals surface area contributed by atoms with E-state index in [0.717, 1.165) is 30.3 Å². The first-order chi connectivity index (χ1) is 15.5. The van der Waals surface area contributed by atoms with Crippen molar-refractivity contribution in [2.45, 2.75) is 6.10 Å². The fourth-order valence-electron chi connectivity index (χ4n) is 3.49. The maximum Gasteiger partial charge on any atom is 0.163 e. The number of aliphatic hydroxyl groups excluding tert-OH is 1. The highest BCUT2D eigenvalue weighted by molar-refractivity contribution is 7.96. The molecule has 0 radical (unpaired) electrons. The lowest BCUT2D eigenvalue weighted by molar-refractivity contribution is 0.124. The molecule has 0 saturated carbocycles. The average molecular weight is 480 g/mol. The van der Waals surface area contributed by atoms with Gasteiger partial charge in [-0.25, -0.2) is 14.4 Å². The molecule has 7 nitrogen and oxygen atoms in total. The molecular weight excluding hydrogens is 455 g/mol. The molecule has 2 heterocycles. The molecule has 1 fully saturated rings. The Labute approximate surface area is 193 Å². The second kappa shape index (κ2) is 10.5. The molecule has 0 aliphatic carbocycles. The van der Waals surface area contributed by atoms with Gasteiger partial charge in [-0.2, -0.15) is 0 Å². The Kier molecular flexibility index (Phi) is 7.51. The Morgan fingerprint density at radius 1 is 1.22 bits per heavy atom. The summed E-state index contributed by atoms with van der Waals surface area (Å²) in [7, 11) is 1.76. The first-order valence-corrected chi connectivity index (χ1v) is 12.3. The summed E-state index contributed by atoms with van der Waals surface area (Å²) in [5.41, 5.74) is 0.845. The number of benzene rings is 2. The van der Waals surface area contributed by atoms with Crippen LogP contribution >= 0.6 is 11.6 Å². The van der Waals surface area contributed by atoms with Crippen LogP contribution in [0, 0.1) is 5.82 Å². The molecule has 1 aromatic heterocycles. The van der Waals surface area contributed by atoms with Crippen LogP contribution in [0.4, 0.5) is 15.9 Å². The van der Waals surface area contributed by atoms with Gasteiger partial charge in [0.15, 0.2) is 11.5 Å². The maximum absolute atomic E-state index is 14.2. The van der Waals surface area contributed by atoms with E-state index in [0.29, 0.717) is 33.2 Å². The Morgan fingerprint density at radius 3 is 2.78 bits per heavy atom. The lowest BCUT2D eigenvalue weighted by Crippen LogP contribution is -2.41. The monoisotopic (exact) mass is 479 g/mol. The molecule has 3 aromatic rings. The van der Waals surface area contributed by atoms with Gasteiger partial charge in [0, 0.05) is 29.6 Å². The van der Waals surface area contributed by atoms with E-state index in [1.165, 1.54) is 19.5 Å². The van der Waals surface area contributed by atoms with Gasteiger partial charge in [-0.1, -0.05) is 11.6 Å². The van der Waals surface area contributed by atoms with E-state index in [1.54, 1.807) is 24.3 Å². The molecule has 1 atom stereocenters. The van der Waals surface area contributed by atoms with E-state index >= 15 is 0 Å². The van der Waals surface area contributed by atoms with Crippen molar-refractivity contribution in [2.24, 2.45) is 0 Å². The van der Waals surface area contributed by atoms with Gasteiger partial charge in [-0.3, -0.25) is 0 Å². The van der Waals surface area contributed by atoms with E-state index in [9.17, 15) is 9.50 Å². The number of methoxy groups -OCH3 is 1. The minimum atomic E-state index is -0.549. The number of fused-ring (bicyclic) bond motifs is 1. The first-order valence-electron chi connectivity index (χ1n) is 10.2. The number of hydrogen-bond donors (Lipinski definition) is 3. The number of ether oxygens (including phenoxy) is 2. The summed E-state index contributed by atoms with van der Waals surface area (Å²) >= 11 is 5.83. The van der Waals surface area contributed by atoms with Gasteiger partial charge < -0.3 is 25.2 Å². The van der Waals surface area contributed by atoms with E-state index in [-0.39, 0.29) is 23.2 Å². The van der Waals surface area contributed by atoms with Gasteiger partial charge in [0.1, 0.15) is 47.9 Å². The lowest BCUT2D eigenvalue weighted by atomic mass is 10.2. The number of halogens is 2. The summed E-state index contributed by atoms with van der Waals surface area (Å²) in [5, 5.41) is 17.7. The Morgan fingerprint density at radius 2 is 2.03 bits per heavy atom. The summed E-state index contributed by atoms with van der Waals surface area (Å²) in [6.07, 6.45) is 0.842. The summed E-state index contributed by atoms with van der Waals surface area (Å²) in [6.45, 7) is 2.18. The van der Waals surface area contributed by atoms with Crippen LogP contribution in [-0.4, -0.2) is 65.2 Å². The Balaban J connectivity index is 1.52. The predicted molar refractivity (Wildman–Crippen MR) is 127 cm³/mol. The first kappa shape index (κ1) is 22.8. The molecule has 3 N–H and O–H groups in total. The fraction of sp³-hybridized carbons (Fsp3) is 0.364. The van der Waals surface area contributed by atoms with Crippen LogP contribution in [0.3, 0.4) is 0 Å². The number of nitrogens with zero attached hydrogens (tertiary/aromatic N) is 2. The van der Waals surface area contributed by atoms with Crippen molar-refractivity contribution in [1.82, 2.24) is 15.3 Å². The SMILES string of the molecule is COc1cc2c(Nc3ccc(Cl)cc3F)ncnc2cc1OCC(O)C[S+]1CCNCC1. The molecule has 0 amide bonds. The summed E-state index contributed by atoms with van der Waals surface area (Å²) in [4.78, 5) is 8.55. The second-order valence-corrected chi connectivity index (χ2v) is 10.2. The molecule has 2 aromatic carbocycles. The number of hydrogen-bond acceptors (Lipinski definition) is 7. The molecule has 32 heavy (non-hydrogen) atoms. The van der Waals surface area contributed by atoms with Crippen LogP contribution in [0.5, 0.6) is 11.5 Å². The van der Waals surface area contributed by atoms with Crippen molar-refractivity contribution in [3.8, 4) is 11.5 Å². The molecule has 10 heteroatoms. The predicted octanol–water partition coefficient (Wildman–Crippen LogP) is 3.14.